The fraction of sp³-hybridized carbons (Fsp3) is 0.385. The molecule has 20 heavy (non-hydrogen) atoms. The molecule has 1 aromatic rings. The molecule has 4 N–H and O–H groups in total. The van der Waals surface area contributed by atoms with Crippen molar-refractivity contribution in [2.24, 2.45) is 0 Å². The van der Waals surface area contributed by atoms with Crippen molar-refractivity contribution in [1.29, 1.82) is 0 Å². The summed E-state index contributed by atoms with van der Waals surface area (Å²) in [6.07, 6.45) is 1.71. The van der Waals surface area contributed by atoms with Crippen molar-refractivity contribution < 1.29 is 9.50 Å². The maximum absolute atomic E-state index is 13.4. The molecule has 4 nitrogen and oxygen atoms in total. The first kappa shape index (κ1) is 19.0. The number of nitrogen functional groups attached to an aromatic ring is 1. The van der Waals surface area contributed by atoms with Gasteiger partial charge in [-0.05, 0) is 6.07 Å². The standard InChI is InChI=1S/C13H18FN3O.2ClH/c1-2-12(17-5-3-16-4-6-17)10-7-9(14)8-11(15)13(10)18;;/h2,7-8,12,16,18H,1,3-6,15H2;2*1H/t12-;;/m1../s1. The van der Waals surface area contributed by atoms with Crippen LogP contribution < -0.4 is 11.1 Å². The maximum atomic E-state index is 13.4. The van der Waals surface area contributed by atoms with Crippen molar-refractivity contribution in [1.82, 2.24) is 10.2 Å². The second-order valence-electron chi connectivity index (χ2n) is 4.40. The number of aromatic hydroxyl groups is 1. The van der Waals surface area contributed by atoms with Gasteiger partial charge in [0.05, 0.1) is 11.7 Å². The third kappa shape index (κ3) is 3.99. The summed E-state index contributed by atoms with van der Waals surface area (Å²) in [5, 5.41) is 13.2. The second-order valence-corrected chi connectivity index (χ2v) is 4.40. The van der Waals surface area contributed by atoms with E-state index in [9.17, 15) is 9.50 Å². The predicted molar refractivity (Wildman–Crippen MR) is 84.4 cm³/mol. The molecule has 1 aliphatic heterocycles. The summed E-state index contributed by atoms with van der Waals surface area (Å²) in [6, 6.07) is 2.22. The molecule has 1 atom stereocenters. The van der Waals surface area contributed by atoms with Gasteiger partial charge in [0.1, 0.15) is 11.6 Å². The number of hydrogen-bond donors (Lipinski definition) is 3. The summed E-state index contributed by atoms with van der Waals surface area (Å²) in [5.41, 5.74) is 6.13. The van der Waals surface area contributed by atoms with Gasteiger partial charge in [0.25, 0.3) is 0 Å². The molecule has 1 fully saturated rings. The van der Waals surface area contributed by atoms with Crippen LogP contribution in [0.25, 0.3) is 0 Å². The van der Waals surface area contributed by atoms with Crippen LogP contribution in [0.4, 0.5) is 10.1 Å². The monoisotopic (exact) mass is 323 g/mol. The van der Waals surface area contributed by atoms with Crippen LogP contribution in [0.2, 0.25) is 0 Å². The highest BCUT2D eigenvalue weighted by Crippen LogP contribution is 2.34. The van der Waals surface area contributed by atoms with Crippen molar-refractivity contribution in [2.45, 2.75) is 6.04 Å². The summed E-state index contributed by atoms with van der Waals surface area (Å²) in [7, 11) is 0. The van der Waals surface area contributed by atoms with Gasteiger partial charge in [-0.3, -0.25) is 4.90 Å². The number of anilines is 1. The van der Waals surface area contributed by atoms with Gasteiger partial charge in [-0.15, -0.1) is 31.4 Å². The third-order valence-corrected chi connectivity index (χ3v) is 3.22. The summed E-state index contributed by atoms with van der Waals surface area (Å²) in [4.78, 5) is 2.14. The Labute approximate surface area is 130 Å². The van der Waals surface area contributed by atoms with Gasteiger partial charge < -0.3 is 16.2 Å². The van der Waals surface area contributed by atoms with Gasteiger partial charge in [-0.25, -0.2) is 4.39 Å². The highest BCUT2D eigenvalue weighted by Gasteiger charge is 2.23. The fourth-order valence-corrected chi connectivity index (χ4v) is 2.30. The molecule has 0 unspecified atom stereocenters. The van der Waals surface area contributed by atoms with Crippen LogP contribution in [0.3, 0.4) is 0 Å². The third-order valence-electron chi connectivity index (χ3n) is 3.22. The Kier molecular flexibility index (Phi) is 7.90. The molecule has 0 aliphatic carbocycles. The Morgan fingerprint density at radius 3 is 2.50 bits per heavy atom. The molecule has 0 bridgehead atoms. The number of phenols is 1. The molecule has 114 valence electrons. The van der Waals surface area contributed by atoms with E-state index in [1.165, 1.54) is 6.07 Å². The fourth-order valence-electron chi connectivity index (χ4n) is 2.30. The number of phenolic OH excluding ortho intramolecular Hbond substituents is 1. The molecule has 1 heterocycles. The van der Waals surface area contributed by atoms with Gasteiger partial charge in [-0.2, -0.15) is 0 Å². The Bertz CT molecular complexity index is 453. The van der Waals surface area contributed by atoms with Crippen LogP contribution in [0.5, 0.6) is 5.75 Å². The van der Waals surface area contributed by atoms with Gasteiger partial charge in [0.2, 0.25) is 0 Å². The van der Waals surface area contributed by atoms with E-state index in [0.717, 1.165) is 32.2 Å². The van der Waals surface area contributed by atoms with Gasteiger partial charge in [-0.1, -0.05) is 6.08 Å². The molecular formula is C13H20Cl2FN3O. The van der Waals surface area contributed by atoms with Crippen LogP contribution in [0, 0.1) is 5.82 Å². The second kappa shape index (κ2) is 8.32. The number of nitrogens with one attached hydrogen (secondary N) is 1. The van der Waals surface area contributed by atoms with E-state index in [0.29, 0.717) is 5.56 Å². The van der Waals surface area contributed by atoms with Crippen LogP contribution in [0.1, 0.15) is 11.6 Å². The molecule has 2 rings (SSSR count). The quantitative estimate of drug-likeness (QED) is 0.453. The first-order valence-electron chi connectivity index (χ1n) is 5.98. The molecule has 1 aromatic carbocycles. The molecular weight excluding hydrogens is 304 g/mol. The molecule has 1 aliphatic rings. The number of piperazine rings is 1. The lowest BCUT2D eigenvalue weighted by Crippen LogP contribution is -2.44. The first-order valence-corrected chi connectivity index (χ1v) is 5.98. The largest absolute Gasteiger partial charge is 0.505 e. The van der Waals surface area contributed by atoms with Crippen LogP contribution in [-0.4, -0.2) is 36.2 Å². The Balaban J connectivity index is 0.00000180. The van der Waals surface area contributed by atoms with Crippen LogP contribution >= 0.6 is 24.8 Å². The molecule has 0 amide bonds. The molecule has 0 spiro atoms. The SMILES string of the molecule is C=C[C@H](c1cc(F)cc(N)c1O)N1CCNCC1.Cl.Cl. The van der Waals surface area contributed by atoms with E-state index in [2.05, 4.69) is 16.8 Å². The lowest BCUT2D eigenvalue weighted by atomic mass is 10.0. The summed E-state index contributed by atoms with van der Waals surface area (Å²) < 4.78 is 13.4. The smallest absolute Gasteiger partial charge is 0.143 e. The maximum Gasteiger partial charge on any atom is 0.143 e. The normalized spacial score (nSPS) is 16.6. The molecule has 0 saturated carbocycles. The molecule has 0 radical (unpaired) electrons. The number of halogens is 3. The number of benzene rings is 1. The molecule has 7 heteroatoms. The molecule has 0 aromatic heterocycles. The predicted octanol–water partition coefficient (Wildman–Crippen LogP) is 2.09. The number of hydrogen-bond acceptors (Lipinski definition) is 4. The van der Waals surface area contributed by atoms with Gasteiger partial charge >= 0.3 is 0 Å². The van der Waals surface area contributed by atoms with Crippen molar-refractivity contribution in [3.63, 3.8) is 0 Å². The van der Waals surface area contributed by atoms with Crippen molar-refractivity contribution >= 4 is 30.5 Å². The first-order chi connectivity index (χ1) is 8.63. The minimum absolute atomic E-state index is 0. The van der Waals surface area contributed by atoms with Crippen LogP contribution in [0.15, 0.2) is 24.8 Å². The lowest BCUT2D eigenvalue weighted by Gasteiger charge is -2.33. The highest BCUT2D eigenvalue weighted by atomic mass is 35.5. The van der Waals surface area contributed by atoms with Gasteiger partial charge in [0.15, 0.2) is 0 Å². The number of nitrogens with two attached hydrogens (primary N) is 1. The Morgan fingerprint density at radius 2 is 1.95 bits per heavy atom. The van der Waals surface area contributed by atoms with E-state index >= 15 is 0 Å². The Hall–Kier alpha value is -1.01. The summed E-state index contributed by atoms with van der Waals surface area (Å²) in [6.45, 7) is 7.17. The Morgan fingerprint density at radius 1 is 1.35 bits per heavy atom. The minimum atomic E-state index is -0.442. The van der Waals surface area contributed by atoms with Crippen molar-refractivity contribution in [3.05, 3.63) is 36.2 Å². The van der Waals surface area contributed by atoms with E-state index in [1.807, 2.05) is 0 Å². The summed E-state index contributed by atoms with van der Waals surface area (Å²) in [5.74, 6) is -0.498. The minimum Gasteiger partial charge on any atom is -0.505 e. The van der Waals surface area contributed by atoms with E-state index in [1.54, 1.807) is 6.08 Å². The van der Waals surface area contributed by atoms with E-state index in [4.69, 9.17) is 5.73 Å². The number of rotatable bonds is 3. The highest BCUT2D eigenvalue weighted by molar-refractivity contribution is 5.85. The van der Waals surface area contributed by atoms with Crippen molar-refractivity contribution in [3.8, 4) is 5.75 Å². The van der Waals surface area contributed by atoms with Crippen LogP contribution in [-0.2, 0) is 0 Å². The molecule has 1 saturated heterocycles. The zero-order chi connectivity index (χ0) is 13.1. The van der Waals surface area contributed by atoms with E-state index < -0.39 is 5.82 Å². The summed E-state index contributed by atoms with van der Waals surface area (Å²) >= 11 is 0. The van der Waals surface area contributed by atoms with Gasteiger partial charge in [0, 0.05) is 37.8 Å². The topological polar surface area (TPSA) is 61.5 Å². The average molecular weight is 324 g/mol. The number of nitrogens with zero attached hydrogens (tertiary/aromatic N) is 1. The average Bonchev–Trinajstić information content (AvgIpc) is 2.37. The van der Waals surface area contributed by atoms with Crippen molar-refractivity contribution in [2.75, 3.05) is 31.9 Å². The zero-order valence-corrected chi connectivity index (χ0v) is 12.6. The van der Waals surface area contributed by atoms with E-state index in [-0.39, 0.29) is 42.3 Å². The lowest BCUT2D eigenvalue weighted by molar-refractivity contribution is 0.200. The zero-order valence-electron chi connectivity index (χ0n) is 11.0.